The molecular weight excluding hydrogens is 340 g/mol. The monoisotopic (exact) mass is 368 g/mol. The number of para-hydroxylation sites is 1. The Kier molecular flexibility index (Phi) is 6.58. The molecule has 1 aliphatic heterocycles. The van der Waals surface area contributed by atoms with Gasteiger partial charge in [0.1, 0.15) is 18.1 Å². The van der Waals surface area contributed by atoms with Crippen molar-refractivity contribution in [2.45, 2.75) is 32.7 Å². The lowest BCUT2D eigenvalue weighted by Crippen LogP contribution is -2.41. The molecule has 5 heteroatoms. The molecule has 0 radical (unpaired) electrons. The fourth-order valence-corrected chi connectivity index (χ4v) is 3.45. The van der Waals surface area contributed by atoms with Gasteiger partial charge in [0, 0.05) is 6.54 Å². The maximum absolute atomic E-state index is 12.6. The Morgan fingerprint density at radius 3 is 2.67 bits per heavy atom. The van der Waals surface area contributed by atoms with E-state index < -0.39 is 0 Å². The molecule has 2 aromatic carbocycles. The summed E-state index contributed by atoms with van der Waals surface area (Å²) in [6.07, 6.45) is 2.01. The molecule has 0 bridgehead atoms. The lowest BCUT2D eigenvalue weighted by atomic mass is 10.0. The first-order valence-corrected chi connectivity index (χ1v) is 9.64. The van der Waals surface area contributed by atoms with Crippen molar-refractivity contribution >= 4 is 6.03 Å². The van der Waals surface area contributed by atoms with Crippen LogP contribution in [0.15, 0.2) is 48.5 Å². The minimum absolute atomic E-state index is 0.0280. The molecule has 0 saturated carbocycles. The molecule has 0 spiro atoms. The van der Waals surface area contributed by atoms with Gasteiger partial charge in [0.15, 0.2) is 0 Å². The van der Waals surface area contributed by atoms with E-state index in [9.17, 15) is 4.79 Å². The minimum atomic E-state index is -0.0280. The smallest absolute Gasteiger partial charge is 0.318 e. The minimum Gasteiger partial charge on any atom is -0.494 e. The Morgan fingerprint density at radius 1 is 1.15 bits per heavy atom. The van der Waals surface area contributed by atoms with Crippen molar-refractivity contribution in [3.05, 3.63) is 59.7 Å². The summed E-state index contributed by atoms with van der Waals surface area (Å²) in [5.74, 6) is 1.73. The highest BCUT2D eigenvalue weighted by atomic mass is 16.5. The molecule has 3 rings (SSSR count). The van der Waals surface area contributed by atoms with Crippen LogP contribution in [0, 0.1) is 6.92 Å². The van der Waals surface area contributed by atoms with Crippen LogP contribution in [0.1, 0.15) is 36.9 Å². The molecule has 5 nitrogen and oxygen atoms in total. The number of nitrogens with zero attached hydrogens (tertiary/aromatic N) is 1. The van der Waals surface area contributed by atoms with Crippen molar-refractivity contribution in [2.24, 2.45) is 0 Å². The summed E-state index contributed by atoms with van der Waals surface area (Å²) in [5.41, 5.74) is 2.25. The van der Waals surface area contributed by atoms with E-state index in [1.54, 1.807) is 0 Å². The molecule has 1 atom stereocenters. The average Bonchev–Trinajstić information content (AvgIpc) is 3.17. The zero-order valence-electron chi connectivity index (χ0n) is 16.1. The second kappa shape index (κ2) is 9.31. The fraction of sp³-hybridized carbons (Fsp3) is 0.409. The number of benzene rings is 2. The first-order valence-electron chi connectivity index (χ1n) is 9.64. The van der Waals surface area contributed by atoms with Gasteiger partial charge < -0.3 is 19.7 Å². The van der Waals surface area contributed by atoms with Gasteiger partial charge in [-0.15, -0.1) is 0 Å². The lowest BCUT2D eigenvalue weighted by Gasteiger charge is -2.25. The third kappa shape index (κ3) is 4.94. The molecule has 0 aromatic heterocycles. The number of nitrogens with one attached hydrogen (secondary N) is 1. The van der Waals surface area contributed by atoms with Crippen LogP contribution in [-0.2, 0) is 0 Å². The van der Waals surface area contributed by atoms with E-state index in [-0.39, 0.29) is 12.1 Å². The molecule has 1 fully saturated rings. The Balaban J connectivity index is 1.50. The van der Waals surface area contributed by atoms with E-state index in [0.717, 1.165) is 42.0 Å². The van der Waals surface area contributed by atoms with Crippen molar-refractivity contribution in [2.75, 3.05) is 26.3 Å². The topological polar surface area (TPSA) is 50.8 Å². The second-order valence-electron chi connectivity index (χ2n) is 6.70. The number of carbonyl (C=O) groups is 1. The van der Waals surface area contributed by atoms with Crippen LogP contribution in [0.3, 0.4) is 0 Å². The maximum atomic E-state index is 12.6. The summed E-state index contributed by atoms with van der Waals surface area (Å²) in [4.78, 5) is 14.5. The molecule has 2 amide bonds. The van der Waals surface area contributed by atoms with E-state index in [0.29, 0.717) is 19.8 Å². The third-order valence-electron chi connectivity index (χ3n) is 4.82. The second-order valence-corrected chi connectivity index (χ2v) is 6.70. The zero-order chi connectivity index (χ0) is 19.1. The SMILES string of the molecule is CCOc1ccc(C2CCCN2C(=O)NCCOc2ccccc2C)cc1. The van der Waals surface area contributed by atoms with Gasteiger partial charge in [-0.1, -0.05) is 30.3 Å². The number of hydrogen-bond donors (Lipinski definition) is 1. The van der Waals surface area contributed by atoms with E-state index in [4.69, 9.17) is 9.47 Å². The number of urea groups is 1. The molecule has 1 N–H and O–H groups in total. The molecular formula is C22H28N2O3. The van der Waals surface area contributed by atoms with Crippen molar-refractivity contribution in [3.8, 4) is 11.5 Å². The first-order chi connectivity index (χ1) is 13.2. The van der Waals surface area contributed by atoms with Gasteiger partial charge >= 0.3 is 6.03 Å². The van der Waals surface area contributed by atoms with Crippen molar-refractivity contribution in [3.63, 3.8) is 0 Å². The Labute approximate surface area is 161 Å². The predicted octanol–water partition coefficient (Wildman–Crippen LogP) is 4.32. The first kappa shape index (κ1) is 19.1. The highest BCUT2D eigenvalue weighted by Gasteiger charge is 2.29. The summed E-state index contributed by atoms with van der Waals surface area (Å²) in [6.45, 7) is 6.36. The van der Waals surface area contributed by atoms with Crippen LogP contribution in [0.25, 0.3) is 0 Å². The summed E-state index contributed by atoms with van der Waals surface area (Å²) in [7, 11) is 0. The van der Waals surface area contributed by atoms with Crippen molar-refractivity contribution in [1.29, 1.82) is 0 Å². The highest BCUT2D eigenvalue weighted by molar-refractivity contribution is 5.75. The number of aryl methyl sites for hydroxylation is 1. The van der Waals surface area contributed by atoms with E-state index in [2.05, 4.69) is 17.4 Å². The molecule has 1 aliphatic rings. The van der Waals surface area contributed by atoms with Crippen molar-refractivity contribution < 1.29 is 14.3 Å². The summed E-state index contributed by atoms with van der Waals surface area (Å²) in [5, 5.41) is 2.98. The highest BCUT2D eigenvalue weighted by Crippen LogP contribution is 2.32. The molecule has 1 unspecified atom stereocenters. The van der Waals surface area contributed by atoms with Crippen molar-refractivity contribution in [1.82, 2.24) is 10.2 Å². The molecule has 0 aliphatic carbocycles. The number of likely N-dealkylation sites (tertiary alicyclic amines) is 1. The lowest BCUT2D eigenvalue weighted by molar-refractivity contribution is 0.190. The normalized spacial score (nSPS) is 16.2. The van der Waals surface area contributed by atoms with Gasteiger partial charge in [0.2, 0.25) is 0 Å². The Hall–Kier alpha value is -2.69. The summed E-state index contributed by atoms with van der Waals surface area (Å²) < 4.78 is 11.3. The van der Waals surface area contributed by atoms with Crippen LogP contribution in [0.4, 0.5) is 4.79 Å². The van der Waals surface area contributed by atoms with E-state index in [1.807, 2.05) is 55.1 Å². The van der Waals surface area contributed by atoms with Gasteiger partial charge in [-0.25, -0.2) is 4.79 Å². The largest absolute Gasteiger partial charge is 0.494 e. The Bertz CT molecular complexity index is 745. The van der Waals surface area contributed by atoms with Gasteiger partial charge in [0.05, 0.1) is 19.2 Å². The van der Waals surface area contributed by atoms with Crippen LogP contribution >= 0.6 is 0 Å². The Morgan fingerprint density at radius 2 is 1.93 bits per heavy atom. The summed E-state index contributed by atoms with van der Waals surface area (Å²) >= 11 is 0. The van der Waals surface area contributed by atoms with Crippen LogP contribution in [0.5, 0.6) is 11.5 Å². The molecule has 27 heavy (non-hydrogen) atoms. The molecule has 1 saturated heterocycles. The number of amides is 2. The number of ether oxygens (including phenoxy) is 2. The van der Waals surface area contributed by atoms with E-state index >= 15 is 0 Å². The predicted molar refractivity (Wildman–Crippen MR) is 106 cm³/mol. The van der Waals surface area contributed by atoms with E-state index in [1.165, 1.54) is 0 Å². The molecule has 144 valence electrons. The average molecular weight is 368 g/mol. The summed E-state index contributed by atoms with van der Waals surface area (Å²) in [6, 6.07) is 16.1. The number of hydrogen-bond acceptors (Lipinski definition) is 3. The molecule has 1 heterocycles. The number of rotatable bonds is 7. The van der Waals surface area contributed by atoms with Gasteiger partial charge in [0.25, 0.3) is 0 Å². The van der Waals surface area contributed by atoms with Crippen LogP contribution in [-0.4, -0.2) is 37.2 Å². The maximum Gasteiger partial charge on any atom is 0.318 e. The number of carbonyl (C=O) groups excluding carboxylic acids is 1. The zero-order valence-corrected chi connectivity index (χ0v) is 16.1. The van der Waals surface area contributed by atoms with Gasteiger partial charge in [-0.2, -0.15) is 0 Å². The van der Waals surface area contributed by atoms with Crippen LogP contribution in [0.2, 0.25) is 0 Å². The fourth-order valence-electron chi connectivity index (χ4n) is 3.45. The van der Waals surface area contributed by atoms with Gasteiger partial charge in [-0.05, 0) is 56.0 Å². The standard InChI is InChI=1S/C22H28N2O3/c1-3-26-19-12-10-18(11-13-19)20-8-6-15-24(20)22(25)23-14-16-27-21-9-5-4-7-17(21)2/h4-5,7,9-13,20H,3,6,8,14-16H2,1-2H3,(H,23,25). The molecule has 2 aromatic rings. The van der Waals surface area contributed by atoms with Crippen LogP contribution < -0.4 is 14.8 Å². The quantitative estimate of drug-likeness (QED) is 0.741. The van der Waals surface area contributed by atoms with Gasteiger partial charge in [-0.3, -0.25) is 0 Å². The third-order valence-corrected chi connectivity index (χ3v) is 4.82.